The Labute approximate surface area is 132 Å². The van der Waals surface area contributed by atoms with Crippen molar-refractivity contribution in [3.8, 4) is 0 Å². The third kappa shape index (κ3) is 5.68. The molecule has 0 spiro atoms. The van der Waals surface area contributed by atoms with Gasteiger partial charge in [-0.25, -0.2) is 0 Å². The predicted molar refractivity (Wildman–Crippen MR) is 84.2 cm³/mol. The van der Waals surface area contributed by atoms with Crippen molar-refractivity contribution in [3.05, 3.63) is 35.9 Å². The van der Waals surface area contributed by atoms with Crippen LogP contribution in [0.15, 0.2) is 30.3 Å². The van der Waals surface area contributed by atoms with Crippen LogP contribution in [0.25, 0.3) is 0 Å². The zero-order valence-electron chi connectivity index (χ0n) is 12.8. The van der Waals surface area contributed by atoms with Crippen LogP contribution in [-0.4, -0.2) is 37.5 Å². The fourth-order valence-corrected chi connectivity index (χ4v) is 2.81. The Morgan fingerprint density at radius 2 is 1.95 bits per heavy atom. The molecule has 0 aliphatic heterocycles. The molecule has 2 rings (SSSR count). The van der Waals surface area contributed by atoms with Crippen molar-refractivity contribution in [2.24, 2.45) is 5.92 Å². The Bertz CT molecular complexity index is 537. The first-order chi connectivity index (χ1) is 10.4. The van der Waals surface area contributed by atoms with E-state index < -0.39 is 15.4 Å². The molecular weight excluding hydrogens is 304 g/mol. The average Bonchev–Trinajstić information content (AvgIpc) is 2.43. The van der Waals surface area contributed by atoms with E-state index in [0.29, 0.717) is 25.6 Å². The van der Waals surface area contributed by atoms with Crippen molar-refractivity contribution in [2.75, 3.05) is 13.2 Å². The summed E-state index contributed by atoms with van der Waals surface area (Å²) in [4.78, 5) is 0. The van der Waals surface area contributed by atoms with Gasteiger partial charge in [0.1, 0.15) is 0 Å². The van der Waals surface area contributed by atoms with Gasteiger partial charge < -0.3 is 9.47 Å². The maximum atomic E-state index is 10.9. The smallest absolute Gasteiger partial charge is 0.267 e. The monoisotopic (exact) mass is 328 g/mol. The van der Waals surface area contributed by atoms with Gasteiger partial charge in [-0.3, -0.25) is 4.55 Å². The largest absolute Gasteiger partial charge is 0.378 e. The fraction of sp³-hybridized carbons (Fsp3) is 0.625. The topological polar surface area (TPSA) is 72.8 Å². The van der Waals surface area contributed by atoms with Crippen LogP contribution in [-0.2, 0) is 26.2 Å². The lowest BCUT2D eigenvalue weighted by Gasteiger charge is -2.35. The summed E-state index contributed by atoms with van der Waals surface area (Å²) in [7, 11) is -3.94. The molecule has 1 aromatic carbocycles. The van der Waals surface area contributed by atoms with E-state index in [9.17, 15) is 8.42 Å². The van der Waals surface area contributed by atoms with Gasteiger partial charge >= 0.3 is 0 Å². The first-order valence-corrected chi connectivity index (χ1v) is 9.15. The van der Waals surface area contributed by atoms with E-state index in [1.807, 2.05) is 30.3 Å². The summed E-state index contributed by atoms with van der Waals surface area (Å²) in [5.74, 6) is 0.521. The molecule has 1 aliphatic carbocycles. The number of hydrogen-bond donors (Lipinski definition) is 1. The molecule has 22 heavy (non-hydrogen) atoms. The van der Waals surface area contributed by atoms with Crippen molar-refractivity contribution in [3.63, 3.8) is 0 Å². The molecule has 124 valence electrons. The standard InChI is InChI=1S/C16H24O5S/c1-13(22(17,18)19)7-8-21-16-9-15(10-16)12-20-11-14-5-3-2-4-6-14/h2-6,13,15-16H,7-12H2,1H3,(H,17,18,19). The molecule has 1 saturated carbocycles. The van der Waals surface area contributed by atoms with Gasteiger partial charge in [0.2, 0.25) is 0 Å². The quantitative estimate of drug-likeness (QED) is 0.706. The van der Waals surface area contributed by atoms with E-state index in [0.717, 1.165) is 19.4 Å². The van der Waals surface area contributed by atoms with Gasteiger partial charge in [0.25, 0.3) is 10.1 Å². The third-order valence-electron chi connectivity index (χ3n) is 4.04. The van der Waals surface area contributed by atoms with Crippen molar-refractivity contribution < 1.29 is 22.4 Å². The summed E-state index contributed by atoms with van der Waals surface area (Å²) in [6.45, 7) is 3.22. The van der Waals surface area contributed by atoms with Gasteiger partial charge in [0, 0.05) is 6.61 Å². The molecule has 0 saturated heterocycles. The van der Waals surface area contributed by atoms with Crippen molar-refractivity contribution >= 4 is 10.1 Å². The Morgan fingerprint density at radius 1 is 1.27 bits per heavy atom. The van der Waals surface area contributed by atoms with Crippen LogP contribution in [0.3, 0.4) is 0 Å². The van der Waals surface area contributed by atoms with Crippen molar-refractivity contribution in [1.82, 2.24) is 0 Å². The fourth-order valence-electron chi connectivity index (χ4n) is 2.41. The molecule has 0 amide bonds. The molecule has 0 radical (unpaired) electrons. The number of rotatable bonds is 9. The normalized spacial score (nSPS) is 23.0. The molecule has 6 heteroatoms. The van der Waals surface area contributed by atoms with Gasteiger partial charge in [-0.05, 0) is 37.7 Å². The number of hydrogen-bond acceptors (Lipinski definition) is 4. The van der Waals surface area contributed by atoms with Gasteiger partial charge in [-0.15, -0.1) is 0 Å². The van der Waals surface area contributed by atoms with Crippen LogP contribution in [0, 0.1) is 5.92 Å². The second-order valence-corrected chi connectivity index (χ2v) is 7.78. The molecule has 0 aromatic heterocycles. The molecule has 1 atom stereocenters. The highest BCUT2D eigenvalue weighted by Crippen LogP contribution is 2.30. The van der Waals surface area contributed by atoms with Gasteiger partial charge in [-0.2, -0.15) is 8.42 Å². The maximum Gasteiger partial charge on any atom is 0.267 e. The average molecular weight is 328 g/mol. The molecular formula is C16H24O5S. The summed E-state index contributed by atoms with van der Waals surface area (Å²) >= 11 is 0. The number of ether oxygens (including phenoxy) is 2. The highest BCUT2D eigenvalue weighted by atomic mass is 32.2. The van der Waals surface area contributed by atoms with Crippen LogP contribution in [0.5, 0.6) is 0 Å². The van der Waals surface area contributed by atoms with Crippen LogP contribution < -0.4 is 0 Å². The van der Waals surface area contributed by atoms with E-state index in [4.69, 9.17) is 14.0 Å². The molecule has 1 unspecified atom stereocenters. The molecule has 1 aromatic rings. The second-order valence-electron chi connectivity index (χ2n) is 5.95. The van der Waals surface area contributed by atoms with E-state index in [1.54, 1.807) is 0 Å². The Balaban J connectivity index is 1.51. The first kappa shape index (κ1) is 17.4. The van der Waals surface area contributed by atoms with E-state index in [2.05, 4.69) is 0 Å². The first-order valence-electron chi connectivity index (χ1n) is 7.64. The third-order valence-corrected chi connectivity index (χ3v) is 5.30. The molecule has 1 fully saturated rings. The van der Waals surface area contributed by atoms with E-state index in [1.165, 1.54) is 12.5 Å². The summed E-state index contributed by atoms with van der Waals surface area (Å²) in [5.41, 5.74) is 1.17. The predicted octanol–water partition coefficient (Wildman–Crippen LogP) is 2.66. The zero-order valence-corrected chi connectivity index (χ0v) is 13.7. The lowest BCUT2D eigenvalue weighted by molar-refractivity contribution is -0.0590. The van der Waals surface area contributed by atoms with E-state index in [-0.39, 0.29) is 6.10 Å². The molecule has 1 N–H and O–H groups in total. The zero-order chi connectivity index (χ0) is 16.0. The maximum absolute atomic E-state index is 10.9. The minimum atomic E-state index is -3.94. The Kier molecular flexibility index (Phi) is 6.37. The van der Waals surface area contributed by atoms with Gasteiger partial charge in [0.15, 0.2) is 0 Å². The van der Waals surface area contributed by atoms with Crippen molar-refractivity contribution in [1.29, 1.82) is 0 Å². The summed E-state index contributed by atoms with van der Waals surface area (Å²) in [6.07, 6.45) is 2.42. The van der Waals surface area contributed by atoms with Crippen LogP contribution in [0.4, 0.5) is 0 Å². The van der Waals surface area contributed by atoms with Crippen LogP contribution >= 0.6 is 0 Å². The number of benzene rings is 1. The SMILES string of the molecule is CC(CCOC1CC(COCc2ccccc2)C1)S(=O)(=O)O. The van der Waals surface area contributed by atoms with Gasteiger partial charge in [0.05, 0.1) is 24.6 Å². The minimum Gasteiger partial charge on any atom is -0.378 e. The van der Waals surface area contributed by atoms with Crippen LogP contribution in [0.2, 0.25) is 0 Å². The lowest BCUT2D eigenvalue weighted by atomic mass is 9.83. The molecule has 1 aliphatic rings. The Morgan fingerprint density at radius 3 is 2.59 bits per heavy atom. The Hall–Kier alpha value is -0.950. The highest BCUT2D eigenvalue weighted by Gasteiger charge is 2.30. The highest BCUT2D eigenvalue weighted by molar-refractivity contribution is 7.86. The van der Waals surface area contributed by atoms with Crippen LogP contribution in [0.1, 0.15) is 31.7 Å². The van der Waals surface area contributed by atoms with Crippen molar-refractivity contribution in [2.45, 2.75) is 44.1 Å². The minimum absolute atomic E-state index is 0.193. The molecule has 5 nitrogen and oxygen atoms in total. The second kappa shape index (κ2) is 8.06. The lowest BCUT2D eigenvalue weighted by Crippen LogP contribution is -2.35. The molecule has 0 bridgehead atoms. The summed E-state index contributed by atoms with van der Waals surface area (Å²) in [6, 6.07) is 10.1. The van der Waals surface area contributed by atoms with Gasteiger partial charge in [-0.1, -0.05) is 30.3 Å². The summed E-state index contributed by atoms with van der Waals surface area (Å²) in [5, 5.41) is -0.766. The molecule has 0 heterocycles. The summed E-state index contributed by atoms with van der Waals surface area (Å²) < 4.78 is 41.9. The van der Waals surface area contributed by atoms with E-state index >= 15 is 0 Å².